The summed E-state index contributed by atoms with van der Waals surface area (Å²) in [4.78, 5) is 16.4. The lowest BCUT2D eigenvalue weighted by Crippen LogP contribution is -2.59. The second-order valence-corrected chi connectivity index (χ2v) is 8.83. The highest BCUT2D eigenvalue weighted by Crippen LogP contribution is 2.55. The number of carbonyl (C=O) groups excluding carboxylic acids is 1. The summed E-state index contributed by atoms with van der Waals surface area (Å²) in [5, 5.41) is 4.66. The number of H-pyrrole nitrogens is 1. The number of fused-ring (bicyclic) bond motifs is 1. The second-order valence-electron chi connectivity index (χ2n) is 8.83. The Balaban J connectivity index is 1.46. The minimum atomic E-state index is 0.0749. The van der Waals surface area contributed by atoms with Gasteiger partial charge in [0.05, 0.1) is 0 Å². The molecule has 4 fully saturated rings. The van der Waals surface area contributed by atoms with Crippen molar-refractivity contribution in [2.75, 3.05) is 0 Å². The number of amides is 1. The summed E-state index contributed by atoms with van der Waals surface area (Å²) in [6.45, 7) is 4.16. The van der Waals surface area contributed by atoms with Crippen LogP contribution in [0.2, 0.25) is 0 Å². The number of hydrogen-bond acceptors (Lipinski definition) is 1. The molecule has 1 aromatic carbocycles. The van der Waals surface area contributed by atoms with E-state index in [0.29, 0.717) is 0 Å². The van der Waals surface area contributed by atoms with Crippen molar-refractivity contribution in [1.29, 1.82) is 0 Å². The quantitative estimate of drug-likeness (QED) is 0.841. The molecule has 4 saturated carbocycles. The first-order valence-corrected chi connectivity index (χ1v) is 9.43. The number of nitrogens with one attached hydrogen (secondary N) is 2. The lowest BCUT2D eigenvalue weighted by molar-refractivity contribution is -0.0167. The second kappa shape index (κ2) is 4.87. The van der Waals surface area contributed by atoms with Crippen LogP contribution in [0.25, 0.3) is 10.9 Å². The van der Waals surface area contributed by atoms with E-state index in [1.54, 1.807) is 0 Å². The SMILES string of the molecule is Cc1ccc2[nH]c(C(=O)NC34CC5CC(CC(C5)C3)C4)c(C)c2c1. The van der Waals surface area contributed by atoms with Crippen LogP contribution in [0, 0.1) is 31.6 Å². The van der Waals surface area contributed by atoms with Gasteiger partial charge in [-0.3, -0.25) is 4.79 Å². The predicted molar refractivity (Wildman–Crippen MR) is 96.1 cm³/mol. The van der Waals surface area contributed by atoms with E-state index in [-0.39, 0.29) is 11.4 Å². The van der Waals surface area contributed by atoms with Crippen LogP contribution in [0.3, 0.4) is 0 Å². The van der Waals surface area contributed by atoms with E-state index >= 15 is 0 Å². The molecule has 6 rings (SSSR count). The van der Waals surface area contributed by atoms with Crippen LogP contribution in [-0.4, -0.2) is 16.4 Å². The molecule has 1 aromatic heterocycles. The van der Waals surface area contributed by atoms with E-state index in [2.05, 4.69) is 42.3 Å². The van der Waals surface area contributed by atoms with E-state index < -0.39 is 0 Å². The van der Waals surface area contributed by atoms with Gasteiger partial charge in [-0.15, -0.1) is 0 Å². The third kappa shape index (κ3) is 2.13. The van der Waals surface area contributed by atoms with Crippen molar-refractivity contribution < 1.29 is 4.79 Å². The van der Waals surface area contributed by atoms with Crippen molar-refractivity contribution in [2.45, 2.75) is 57.9 Å². The lowest BCUT2D eigenvalue weighted by Gasteiger charge is -2.56. The largest absolute Gasteiger partial charge is 0.350 e. The topological polar surface area (TPSA) is 44.9 Å². The first-order chi connectivity index (χ1) is 11.5. The van der Waals surface area contributed by atoms with Gasteiger partial charge in [0, 0.05) is 16.4 Å². The summed E-state index contributed by atoms with van der Waals surface area (Å²) in [6.07, 6.45) is 7.80. The Hall–Kier alpha value is -1.77. The van der Waals surface area contributed by atoms with Gasteiger partial charge in [-0.2, -0.15) is 0 Å². The van der Waals surface area contributed by atoms with Crippen LogP contribution in [0.5, 0.6) is 0 Å². The number of hydrogen-bond donors (Lipinski definition) is 2. The Morgan fingerprint density at radius 3 is 2.33 bits per heavy atom. The fraction of sp³-hybridized carbons (Fsp3) is 0.571. The van der Waals surface area contributed by atoms with Crippen LogP contribution in [0.4, 0.5) is 0 Å². The Bertz CT molecular complexity index is 796. The summed E-state index contributed by atoms with van der Waals surface area (Å²) >= 11 is 0. The number of benzene rings is 1. The van der Waals surface area contributed by atoms with Gasteiger partial charge in [0.2, 0.25) is 0 Å². The molecule has 24 heavy (non-hydrogen) atoms. The molecule has 2 aromatic rings. The number of carbonyl (C=O) groups is 1. The molecule has 0 spiro atoms. The third-order valence-electron chi connectivity index (χ3n) is 6.86. The fourth-order valence-corrected chi connectivity index (χ4v) is 6.23. The van der Waals surface area contributed by atoms with Crippen molar-refractivity contribution in [3.63, 3.8) is 0 Å². The molecule has 4 bridgehead atoms. The molecule has 0 radical (unpaired) electrons. The Morgan fingerprint density at radius 1 is 1.08 bits per heavy atom. The van der Waals surface area contributed by atoms with Gasteiger partial charge in [0.15, 0.2) is 0 Å². The van der Waals surface area contributed by atoms with Crippen molar-refractivity contribution in [2.24, 2.45) is 17.8 Å². The molecule has 0 saturated heterocycles. The van der Waals surface area contributed by atoms with E-state index in [0.717, 1.165) is 34.5 Å². The van der Waals surface area contributed by atoms with Gasteiger partial charge in [0.25, 0.3) is 5.91 Å². The molecule has 0 unspecified atom stereocenters. The van der Waals surface area contributed by atoms with Gasteiger partial charge >= 0.3 is 0 Å². The standard InChI is InChI=1S/C21H26N2O/c1-12-3-4-18-17(5-12)13(2)19(22-18)20(24)23-21-9-14-6-15(10-21)8-16(7-14)11-21/h3-5,14-16,22H,6-11H2,1-2H3,(H,23,24). The lowest BCUT2D eigenvalue weighted by atomic mass is 9.53. The van der Waals surface area contributed by atoms with Crippen molar-refractivity contribution in [1.82, 2.24) is 10.3 Å². The molecule has 2 N–H and O–H groups in total. The molecule has 0 atom stereocenters. The average Bonchev–Trinajstić information content (AvgIpc) is 2.82. The maximum absolute atomic E-state index is 13.1. The minimum absolute atomic E-state index is 0.0749. The average molecular weight is 322 g/mol. The highest BCUT2D eigenvalue weighted by atomic mass is 16.2. The van der Waals surface area contributed by atoms with Crippen LogP contribution in [-0.2, 0) is 0 Å². The Kier molecular flexibility index (Phi) is 2.96. The van der Waals surface area contributed by atoms with Crippen LogP contribution in [0.1, 0.15) is 60.1 Å². The number of aryl methyl sites for hydroxylation is 2. The zero-order chi connectivity index (χ0) is 16.5. The summed E-state index contributed by atoms with van der Waals surface area (Å²) in [5.41, 5.74) is 4.21. The van der Waals surface area contributed by atoms with E-state index in [9.17, 15) is 4.79 Å². The number of aromatic nitrogens is 1. The first-order valence-electron chi connectivity index (χ1n) is 9.43. The zero-order valence-electron chi connectivity index (χ0n) is 14.6. The third-order valence-corrected chi connectivity index (χ3v) is 6.86. The molecule has 1 heterocycles. The molecule has 4 aliphatic carbocycles. The number of rotatable bonds is 2. The summed E-state index contributed by atoms with van der Waals surface area (Å²) in [7, 11) is 0. The fourth-order valence-electron chi connectivity index (χ4n) is 6.23. The zero-order valence-corrected chi connectivity index (χ0v) is 14.6. The summed E-state index contributed by atoms with van der Waals surface area (Å²) in [5.74, 6) is 2.65. The number of aromatic amines is 1. The van der Waals surface area contributed by atoms with Gasteiger partial charge in [-0.1, -0.05) is 11.6 Å². The maximum Gasteiger partial charge on any atom is 0.268 e. The molecule has 3 heteroatoms. The molecule has 4 aliphatic rings. The van der Waals surface area contributed by atoms with Crippen LogP contribution >= 0.6 is 0 Å². The molecule has 1 amide bonds. The molecule has 126 valence electrons. The van der Waals surface area contributed by atoms with E-state index in [1.165, 1.54) is 49.5 Å². The highest BCUT2D eigenvalue weighted by molar-refractivity contribution is 6.01. The monoisotopic (exact) mass is 322 g/mol. The van der Waals surface area contributed by atoms with Crippen molar-refractivity contribution >= 4 is 16.8 Å². The van der Waals surface area contributed by atoms with Crippen molar-refractivity contribution in [3.8, 4) is 0 Å². The minimum Gasteiger partial charge on any atom is -0.350 e. The highest BCUT2D eigenvalue weighted by Gasteiger charge is 2.51. The molecular weight excluding hydrogens is 296 g/mol. The van der Waals surface area contributed by atoms with Gasteiger partial charge in [-0.05, 0) is 87.8 Å². The van der Waals surface area contributed by atoms with Gasteiger partial charge in [-0.25, -0.2) is 0 Å². The summed E-state index contributed by atoms with van der Waals surface area (Å²) < 4.78 is 0. The predicted octanol–water partition coefficient (Wildman–Crippen LogP) is 4.48. The van der Waals surface area contributed by atoms with Crippen LogP contribution < -0.4 is 5.32 Å². The molecule has 0 aliphatic heterocycles. The van der Waals surface area contributed by atoms with Gasteiger partial charge in [0.1, 0.15) is 5.69 Å². The van der Waals surface area contributed by atoms with E-state index in [1.807, 2.05) is 0 Å². The van der Waals surface area contributed by atoms with Crippen molar-refractivity contribution in [3.05, 3.63) is 35.0 Å². The normalized spacial score (nSPS) is 34.0. The van der Waals surface area contributed by atoms with Gasteiger partial charge < -0.3 is 10.3 Å². The first kappa shape index (κ1) is 14.6. The Morgan fingerprint density at radius 2 is 1.71 bits per heavy atom. The molecule has 3 nitrogen and oxygen atoms in total. The maximum atomic E-state index is 13.1. The van der Waals surface area contributed by atoms with Crippen LogP contribution in [0.15, 0.2) is 18.2 Å². The van der Waals surface area contributed by atoms with E-state index in [4.69, 9.17) is 0 Å². The molecular formula is C21H26N2O. The summed E-state index contributed by atoms with van der Waals surface area (Å²) in [6, 6.07) is 6.35. The smallest absolute Gasteiger partial charge is 0.268 e. The Labute approximate surface area is 143 Å².